The van der Waals surface area contributed by atoms with Crippen molar-refractivity contribution in [1.82, 2.24) is 5.43 Å². The fourth-order valence-electron chi connectivity index (χ4n) is 1.50. The Balaban J connectivity index is 2.36. The van der Waals surface area contributed by atoms with E-state index in [2.05, 4.69) is 5.43 Å². The third-order valence-electron chi connectivity index (χ3n) is 2.25. The first-order chi connectivity index (χ1) is 6.83. The van der Waals surface area contributed by atoms with Crippen molar-refractivity contribution in [3.05, 3.63) is 47.8 Å². The summed E-state index contributed by atoms with van der Waals surface area (Å²) in [5, 5.41) is 0. The monoisotopic (exact) mass is 192 g/mol. The lowest BCUT2D eigenvalue weighted by Crippen LogP contribution is -2.28. The SMILES string of the molecule is Cc1occc1C(NN)c1ccoc1. The Bertz CT molecular complexity index is 392. The van der Waals surface area contributed by atoms with E-state index in [-0.39, 0.29) is 6.04 Å². The van der Waals surface area contributed by atoms with E-state index >= 15 is 0 Å². The maximum atomic E-state index is 5.49. The quantitative estimate of drug-likeness (QED) is 0.574. The van der Waals surface area contributed by atoms with Gasteiger partial charge in [0, 0.05) is 11.1 Å². The molecule has 0 aliphatic carbocycles. The molecule has 3 N–H and O–H groups in total. The Labute approximate surface area is 81.7 Å². The van der Waals surface area contributed by atoms with Gasteiger partial charge in [-0.1, -0.05) is 0 Å². The minimum atomic E-state index is -0.0764. The third-order valence-corrected chi connectivity index (χ3v) is 2.25. The van der Waals surface area contributed by atoms with Gasteiger partial charge >= 0.3 is 0 Å². The Morgan fingerprint density at radius 2 is 2.21 bits per heavy atom. The lowest BCUT2D eigenvalue weighted by atomic mass is 10.0. The highest BCUT2D eigenvalue weighted by Gasteiger charge is 2.17. The van der Waals surface area contributed by atoms with Gasteiger partial charge in [-0.2, -0.15) is 0 Å². The topological polar surface area (TPSA) is 64.3 Å². The van der Waals surface area contributed by atoms with Gasteiger partial charge in [0.1, 0.15) is 5.76 Å². The number of nitrogens with two attached hydrogens (primary N) is 1. The zero-order chi connectivity index (χ0) is 9.97. The van der Waals surface area contributed by atoms with Crippen LogP contribution >= 0.6 is 0 Å². The molecule has 0 saturated heterocycles. The molecule has 0 amide bonds. The highest BCUT2D eigenvalue weighted by molar-refractivity contribution is 5.30. The van der Waals surface area contributed by atoms with Gasteiger partial charge in [0.25, 0.3) is 0 Å². The average Bonchev–Trinajstić information content (AvgIpc) is 2.80. The van der Waals surface area contributed by atoms with Crippen LogP contribution in [0.1, 0.15) is 22.9 Å². The van der Waals surface area contributed by atoms with Gasteiger partial charge in [-0.3, -0.25) is 5.84 Å². The predicted molar refractivity (Wildman–Crippen MR) is 51.3 cm³/mol. The minimum Gasteiger partial charge on any atom is -0.472 e. The van der Waals surface area contributed by atoms with Gasteiger partial charge in [0.15, 0.2) is 0 Å². The van der Waals surface area contributed by atoms with Crippen LogP contribution in [0.3, 0.4) is 0 Å². The molecule has 2 aromatic rings. The van der Waals surface area contributed by atoms with Crippen LogP contribution in [-0.4, -0.2) is 0 Å². The summed E-state index contributed by atoms with van der Waals surface area (Å²) in [5.41, 5.74) is 4.73. The van der Waals surface area contributed by atoms with Crippen molar-refractivity contribution in [3.8, 4) is 0 Å². The van der Waals surface area contributed by atoms with Gasteiger partial charge in [0.05, 0.1) is 24.8 Å². The Hall–Kier alpha value is -1.52. The van der Waals surface area contributed by atoms with Crippen molar-refractivity contribution in [2.75, 3.05) is 0 Å². The molecule has 0 saturated carbocycles. The maximum absolute atomic E-state index is 5.49. The summed E-state index contributed by atoms with van der Waals surface area (Å²) in [6.07, 6.45) is 4.93. The molecule has 0 radical (unpaired) electrons. The second-order valence-corrected chi connectivity index (χ2v) is 3.09. The van der Waals surface area contributed by atoms with Crippen LogP contribution in [0.2, 0.25) is 0 Å². The molecule has 0 aliphatic heterocycles. The number of hydrogen-bond acceptors (Lipinski definition) is 4. The average molecular weight is 192 g/mol. The number of aryl methyl sites for hydroxylation is 1. The van der Waals surface area contributed by atoms with Crippen molar-refractivity contribution in [2.24, 2.45) is 5.84 Å². The molecular formula is C10H12N2O2. The summed E-state index contributed by atoms with van der Waals surface area (Å²) < 4.78 is 10.2. The van der Waals surface area contributed by atoms with Crippen LogP contribution in [0.15, 0.2) is 39.8 Å². The normalized spacial score (nSPS) is 13.0. The van der Waals surface area contributed by atoms with Crippen LogP contribution in [0.5, 0.6) is 0 Å². The van der Waals surface area contributed by atoms with E-state index < -0.39 is 0 Å². The summed E-state index contributed by atoms with van der Waals surface area (Å²) in [5.74, 6) is 6.35. The van der Waals surface area contributed by atoms with E-state index in [0.29, 0.717) is 0 Å². The summed E-state index contributed by atoms with van der Waals surface area (Å²) in [4.78, 5) is 0. The molecule has 0 aliphatic rings. The Morgan fingerprint density at radius 3 is 2.71 bits per heavy atom. The van der Waals surface area contributed by atoms with Gasteiger partial charge in [-0.25, -0.2) is 5.43 Å². The first-order valence-corrected chi connectivity index (χ1v) is 4.35. The molecular weight excluding hydrogens is 180 g/mol. The zero-order valence-corrected chi connectivity index (χ0v) is 7.86. The highest BCUT2D eigenvalue weighted by Crippen LogP contribution is 2.24. The van der Waals surface area contributed by atoms with Gasteiger partial charge < -0.3 is 8.83 Å². The maximum Gasteiger partial charge on any atom is 0.105 e. The molecule has 2 heterocycles. The molecule has 4 heteroatoms. The minimum absolute atomic E-state index is 0.0764. The molecule has 2 aromatic heterocycles. The molecule has 0 bridgehead atoms. The van der Waals surface area contributed by atoms with Gasteiger partial charge in [0.2, 0.25) is 0 Å². The standard InChI is InChI=1S/C10H12N2O2/c1-7-9(3-5-14-7)10(12-11)8-2-4-13-6-8/h2-6,10,12H,11H2,1H3. The van der Waals surface area contributed by atoms with Crippen LogP contribution in [0.4, 0.5) is 0 Å². The van der Waals surface area contributed by atoms with Gasteiger partial charge in [-0.05, 0) is 19.1 Å². The number of rotatable bonds is 3. The smallest absolute Gasteiger partial charge is 0.105 e. The molecule has 0 fully saturated rings. The van der Waals surface area contributed by atoms with Crippen LogP contribution in [0, 0.1) is 6.92 Å². The van der Waals surface area contributed by atoms with Crippen molar-refractivity contribution < 1.29 is 8.83 Å². The van der Waals surface area contributed by atoms with Crippen molar-refractivity contribution in [1.29, 1.82) is 0 Å². The van der Waals surface area contributed by atoms with E-state index in [0.717, 1.165) is 16.9 Å². The lowest BCUT2D eigenvalue weighted by Gasteiger charge is -2.12. The first-order valence-electron chi connectivity index (χ1n) is 4.35. The van der Waals surface area contributed by atoms with E-state index in [1.807, 2.05) is 19.1 Å². The number of nitrogens with one attached hydrogen (secondary N) is 1. The largest absolute Gasteiger partial charge is 0.472 e. The van der Waals surface area contributed by atoms with Gasteiger partial charge in [-0.15, -0.1) is 0 Å². The molecule has 1 atom stereocenters. The molecule has 1 unspecified atom stereocenters. The van der Waals surface area contributed by atoms with E-state index in [4.69, 9.17) is 14.7 Å². The number of hydrogen-bond donors (Lipinski definition) is 2. The second-order valence-electron chi connectivity index (χ2n) is 3.09. The fourth-order valence-corrected chi connectivity index (χ4v) is 1.50. The van der Waals surface area contributed by atoms with Crippen LogP contribution in [0.25, 0.3) is 0 Å². The van der Waals surface area contributed by atoms with E-state index in [1.54, 1.807) is 18.8 Å². The van der Waals surface area contributed by atoms with Crippen molar-refractivity contribution in [3.63, 3.8) is 0 Å². The van der Waals surface area contributed by atoms with Crippen molar-refractivity contribution >= 4 is 0 Å². The highest BCUT2D eigenvalue weighted by atomic mass is 16.3. The number of hydrazine groups is 1. The van der Waals surface area contributed by atoms with Crippen LogP contribution in [-0.2, 0) is 0 Å². The zero-order valence-electron chi connectivity index (χ0n) is 7.86. The molecule has 2 rings (SSSR count). The molecule has 14 heavy (non-hydrogen) atoms. The first kappa shape index (κ1) is 9.05. The summed E-state index contributed by atoms with van der Waals surface area (Å²) >= 11 is 0. The van der Waals surface area contributed by atoms with Crippen molar-refractivity contribution in [2.45, 2.75) is 13.0 Å². The van der Waals surface area contributed by atoms with E-state index in [1.165, 1.54) is 0 Å². The summed E-state index contributed by atoms with van der Waals surface area (Å²) in [7, 11) is 0. The lowest BCUT2D eigenvalue weighted by molar-refractivity contribution is 0.517. The summed E-state index contributed by atoms with van der Waals surface area (Å²) in [6, 6.07) is 3.69. The summed E-state index contributed by atoms with van der Waals surface area (Å²) in [6.45, 7) is 1.90. The second kappa shape index (κ2) is 3.69. The van der Waals surface area contributed by atoms with Crippen LogP contribution < -0.4 is 11.3 Å². The fraction of sp³-hybridized carbons (Fsp3) is 0.200. The van der Waals surface area contributed by atoms with E-state index in [9.17, 15) is 0 Å². The molecule has 0 spiro atoms. The predicted octanol–water partition coefficient (Wildman–Crippen LogP) is 1.73. The third kappa shape index (κ3) is 1.45. The number of furan rings is 2. The molecule has 74 valence electrons. The Morgan fingerprint density at radius 1 is 1.36 bits per heavy atom. The Kier molecular flexibility index (Phi) is 2.39. The molecule has 0 aromatic carbocycles. The molecule has 4 nitrogen and oxygen atoms in total.